The van der Waals surface area contributed by atoms with E-state index in [-0.39, 0.29) is 17.6 Å². The number of hydrogen-bond donors (Lipinski definition) is 1. The standard InChI is InChI=1S/C19H16FN3O2/c1-25-15-7-2-4-12(8-15)16-10-17(24)22-19-18(16)21-11-23(19)14-6-3-5-13(20)9-14/h2-9,11,16H,10H2,1H3,(H,22,24)/t16-/m0/s1. The van der Waals surface area contributed by atoms with Gasteiger partial charge in [-0.05, 0) is 35.9 Å². The molecule has 2 aromatic carbocycles. The topological polar surface area (TPSA) is 56.1 Å². The first-order valence-corrected chi connectivity index (χ1v) is 7.92. The molecular weight excluding hydrogens is 321 g/mol. The van der Waals surface area contributed by atoms with Crippen LogP contribution >= 0.6 is 0 Å². The molecule has 0 aliphatic carbocycles. The van der Waals surface area contributed by atoms with Crippen molar-refractivity contribution < 1.29 is 13.9 Å². The number of benzene rings is 2. The molecule has 126 valence electrons. The number of nitrogens with zero attached hydrogens (tertiary/aromatic N) is 2. The Kier molecular flexibility index (Phi) is 3.72. The van der Waals surface area contributed by atoms with E-state index in [2.05, 4.69) is 10.3 Å². The average molecular weight is 337 g/mol. The van der Waals surface area contributed by atoms with E-state index in [9.17, 15) is 9.18 Å². The zero-order chi connectivity index (χ0) is 17.4. The van der Waals surface area contributed by atoms with Crippen LogP contribution in [-0.2, 0) is 4.79 Å². The van der Waals surface area contributed by atoms with Crippen molar-refractivity contribution in [2.24, 2.45) is 0 Å². The lowest BCUT2D eigenvalue weighted by molar-refractivity contribution is -0.116. The minimum absolute atomic E-state index is 0.0986. The first-order chi connectivity index (χ1) is 12.2. The Bertz CT molecular complexity index is 951. The molecule has 0 saturated carbocycles. The van der Waals surface area contributed by atoms with Gasteiger partial charge < -0.3 is 10.1 Å². The van der Waals surface area contributed by atoms with Crippen LogP contribution in [0.4, 0.5) is 10.2 Å². The van der Waals surface area contributed by atoms with E-state index in [4.69, 9.17) is 4.74 Å². The first-order valence-electron chi connectivity index (χ1n) is 7.92. The highest BCUT2D eigenvalue weighted by Crippen LogP contribution is 2.38. The normalized spacial score (nSPS) is 16.2. The Hall–Kier alpha value is -3.15. The predicted molar refractivity (Wildman–Crippen MR) is 91.6 cm³/mol. The molecule has 1 amide bonds. The molecule has 1 aliphatic heterocycles. The maximum atomic E-state index is 13.6. The minimum Gasteiger partial charge on any atom is -0.497 e. The number of ether oxygens (including phenoxy) is 1. The summed E-state index contributed by atoms with van der Waals surface area (Å²) in [6, 6.07) is 13.8. The smallest absolute Gasteiger partial charge is 0.226 e. The molecule has 1 aliphatic rings. The van der Waals surface area contributed by atoms with Crippen molar-refractivity contribution in [2.45, 2.75) is 12.3 Å². The number of hydrogen-bond acceptors (Lipinski definition) is 3. The van der Waals surface area contributed by atoms with Gasteiger partial charge in [0.15, 0.2) is 0 Å². The van der Waals surface area contributed by atoms with Crippen molar-refractivity contribution >= 4 is 11.7 Å². The molecule has 2 heterocycles. The summed E-state index contributed by atoms with van der Waals surface area (Å²) < 4.78 is 20.5. The summed E-state index contributed by atoms with van der Waals surface area (Å²) in [7, 11) is 1.61. The number of methoxy groups -OCH3 is 1. The van der Waals surface area contributed by atoms with E-state index in [0.717, 1.165) is 17.0 Å². The molecule has 0 bridgehead atoms. The van der Waals surface area contributed by atoms with Crippen LogP contribution in [0.1, 0.15) is 23.6 Å². The van der Waals surface area contributed by atoms with E-state index in [0.29, 0.717) is 17.9 Å². The van der Waals surface area contributed by atoms with Crippen LogP contribution in [0.25, 0.3) is 5.69 Å². The zero-order valence-electron chi connectivity index (χ0n) is 13.6. The number of anilines is 1. The van der Waals surface area contributed by atoms with Gasteiger partial charge in [0.25, 0.3) is 0 Å². The average Bonchev–Trinajstić information content (AvgIpc) is 3.04. The number of fused-ring (bicyclic) bond motifs is 1. The number of halogens is 1. The van der Waals surface area contributed by atoms with Gasteiger partial charge in [-0.15, -0.1) is 0 Å². The highest BCUT2D eigenvalue weighted by molar-refractivity contribution is 5.94. The number of carbonyl (C=O) groups excluding carboxylic acids is 1. The molecular formula is C19H16FN3O2. The summed E-state index contributed by atoms with van der Waals surface area (Å²) in [5, 5.41) is 2.86. The summed E-state index contributed by atoms with van der Waals surface area (Å²) in [6.07, 6.45) is 1.92. The third-order valence-electron chi connectivity index (χ3n) is 4.36. The molecule has 1 aromatic heterocycles. The fraction of sp³-hybridized carbons (Fsp3) is 0.158. The first kappa shape index (κ1) is 15.4. The highest BCUT2D eigenvalue weighted by Gasteiger charge is 2.31. The number of rotatable bonds is 3. The van der Waals surface area contributed by atoms with E-state index < -0.39 is 0 Å². The quantitative estimate of drug-likeness (QED) is 0.796. The van der Waals surface area contributed by atoms with E-state index >= 15 is 0 Å². The predicted octanol–water partition coefficient (Wildman–Crippen LogP) is 3.49. The van der Waals surface area contributed by atoms with Crippen LogP contribution in [0.5, 0.6) is 5.75 Å². The molecule has 6 heteroatoms. The number of imidazole rings is 1. The molecule has 1 N–H and O–H groups in total. The second kappa shape index (κ2) is 6.05. The van der Waals surface area contributed by atoms with Crippen LogP contribution in [0.15, 0.2) is 54.9 Å². The Morgan fingerprint density at radius 1 is 1.24 bits per heavy atom. The van der Waals surface area contributed by atoms with Crippen molar-refractivity contribution in [3.63, 3.8) is 0 Å². The van der Waals surface area contributed by atoms with Crippen LogP contribution in [-0.4, -0.2) is 22.6 Å². The third-order valence-corrected chi connectivity index (χ3v) is 4.36. The van der Waals surface area contributed by atoms with Crippen molar-refractivity contribution in [1.82, 2.24) is 9.55 Å². The van der Waals surface area contributed by atoms with Gasteiger partial charge in [-0.25, -0.2) is 9.37 Å². The molecule has 4 rings (SSSR count). The molecule has 0 saturated heterocycles. The molecule has 0 unspecified atom stereocenters. The second-order valence-corrected chi connectivity index (χ2v) is 5.91. The Labute approximate surface area is 144 Å². The lowest BCUT2D eigenvalue weighted by Gasteiger charge is -2.23. The molecule has 0 spiro atoms. The Morgan fingerprint density at radius 2 is 2.08 bits per heavy atom. The largest absolute Gasteiger partial charge is 0.497 e. The van der Waals surface area contributed by atoms with Gasteiger partial charge in [0.1, 0.15) is 23.7 Å². The van der Waals surface area contributed by atoms with Gasteiger partial charge in [-0.3, -0.25) is 9.36 Å². The number of amides is 1. The zero-order valence-corrected chi connectivity index (χ0v) is 13.6. The van der Waals surface area contributed by atoms with Crippen LogP contribution < -0.4 is 10.1 Å². The molecule has 5 nitrogen and oxygen atoms in total. The maximum absolute atomic E-state index is 13.6. The van der Waals surface area contributed by atoms with Crippen molar-refractivity contribution in [3.05, 3.63) is 71.9 Å². The van der Waals surface area contributed by atoms with Gasteiger partial charge in [0, 0.05) is 12.3 Å². The maximum Gasteiger partial charge on any atom is 0.226 e. The molecule has 25 heavy (non-hydrogen) atoms. The van der Waals surface area contributed by atoms with Gasteiger partial charge in [0.05, 0.1) is 18.5 Å². The van der Waals surface area contributed by atoms with Gasteiger partial charge in [-0.1, -0.05) is 18.2 Å². The number of aromatic nitrogens is 2. The number of carbonyl (C=O) groups is 1. The second-order valence-electron chi connectivity index (χ2n) is 5.91. The molecule has 0 fully saturated rings. The minimum atomic E-state index is -0.341. The van der Waals surface area contributed by atoms with Crippen LogP contribution in [0.2, 0.25) is 0 Å². The van der Waals surface area contributed by atoms with E-state index in [1.807, 2.05) is 24.3 Å². The molecule has 0 radical (unpaired) electrons. The SMILES string of the molecule is COc1cccc([C@@H]2CC(=O)Nc3c2ncn3-c2cccc(F)c2)c1. The summed E-state index contributed by atoms with van der Waals surface area (Å²) in [4.78, 5) is 16.8. The van der Waals surface area contributed by atoms with Gasteiger partial charge in [-0.2, -0.15) is 0 Å². The van der Waals surface area contributed by atoms with Crippen molar-refractivity contribution in [2.75, 3.05) is 12.4 Å². The van der Waals surface area contributed by atoms with Crippen molar-refractivity contribution in [3.8, 4) is 11.4 Å². The monoisotopic (exact) mass is 337 g/mol. The molecule has 3 aromatic rings. The summed E-state index contributed by atoms with van der Waals surface area (Å²) >= 11 is 0. The summed E-state index contributed by atoms with van der Waals surface area (Å²) in [6.45, 7) is 0. The number of nitrogens with one attached hydrogen (secondary N) is 1. The van der Waals surface area contributed by atoms with Gasteiger partial charge >= 0.3 is 0 Å². The fourth-order valence-electron chi connectivity index (χ4n) is 3.16. The van der Waals surface area contributed by atoms with Crippen LogP contribution in [0.3, 0.4) is 0 Å². The lowest BCUT2D eigenvalue weighted by Crippen LogP contribution is -2.24. The fourth-order valence-corrected chi connectivity index (χ4v) is 3.16. The third kappa shape index (κ3) is 2.76. The summed E-state index contributed by atoms with van der Waals surface area (Å²) in [5.41, 5.74) is 2.33. The Balaban J connectivity index is 1.81. The van der Waals surface area contributed by atoms with Gasteiger partial charge in [0.2, 0.25) is 5.91 Å². The molecule has 1 atom stereocenters. The van der Waals surface area contributed by atoms with E-state index in [1.54, 1.807) is 30.1 Å². The highest BCUT2D eigenvalue weighted by atomic mass is 19.1. The van der Waals surface area contributed by atoms with E-state index in [1.165, 1.54) is 12.1 Å². The summed E-state index contributed by atoms with van der Waals surface area (Å²) in [5.74, 6) is 0.697. The van der Waals surface area contributed by atoms with Crippen molar-refractivity contribution in [1.29, 1.82) is 0 Å². The Morgan fingerprint density at radius 3 is 2.88 bits per heavy atom. The lowest BCUT2D eigenvalue weighted by atomic mass is 9.89. The van der Waals surface area contributed by atoms with Crippen LogP contribution in [0, 0.1) is 5.82 Å².